The fourth-order valence-corrected chi connectivity index (χ4v) is 6.66. The van der Waals surface area contributed by atoms with Crippen molar-refractivity contribution in [2.45, 2.75) is 19.3 Å². The molecular weight excluding hydrogens is 464 g/mol. The second-order valence-electron chi connectivity index (χ2n) is 5.78. The Hall–Kier alpha value is 0.0800. The summed E-state index contributed by atoms with van der Waals surface area (Å²) in [5.41, 5.74) is 2.63. The third-order valence-electron chi connectivity index (χ3n) is 3.94. The quantitative estimate of drug-likeness (QED) is 0.476. The average Bonchev–Trinajstić information content (AvgIpc) is 3.08. The van der Waals surface area contributed by atoms with E-state index in [0.717, 1.165) is 9.54 Å². The smallest absolute Gasteiger partial charge is 0.149 e. The van der Waals surface area contributed by atoms with Gasteiger partial charge in [0.1, 0.15) is 16.1 Å². The number of methoxy groups -OCH3 is 1. The van der Waals surface area contributed by atoms with Crippen molar-refractivity contribution in [3.63, 3.8) is 0 Å². The Morgan fingerprint density at radius 2 is 1.78 bits per heavy atom. The summed E-state index contributed by atoms with van der Waals surface area (Å²) in [6, 6.07) is 2.23. The third-order valence-corrected chi connectivity index (χ3v) is 7.54. The molecule has 7 heteroatoms. The lowest BCUT2D eigenvalue weighted by atomic mass is 9.84. The summed E-state index contributed by atoms with van der Waals surface area (Å²) in [6.07, 6.45) is 0. The molecule has 126 valence electrons. The van der Waals surface area contributed by atoms with E-state index < -0.39 is 0 Å². The van der Waals surface area contributed by atoms with E-state index in [0.29, 0.717) is 26.4 Å². The Morgan fingerprint density at radius 1 is 1.04 bits per heavy atom. The summed E-state index contributed by atoms with van der Waals surface area (Å²) in [4.78, 5) is 2.68. The first-order valence-corrected chi connectivity index (χ1v) is 10.5. The number of hydrogen-bond donors (Lipinski definition) is 0. The minimum absolute atomic E-state index is 0.0397. The van der Waals surface area contributed by atoms with Crippen LogP contribution in [0.1, 0.15) is 25.0 Å². The van der Waals surface area contributed by atoms with Crippen molar-refractivity contribution in [1.29, 1.82) is 0 Å². The number of hydrogen-bond acceptors (Lipinski definition) is 5. The fraction of sp³-hybridized carbons (Fsp3) is 0.500. The maximum atomic E-state index is 6.06. The van der Waals surface area contributed by atoms with E-state index in [2.05, 4.69) is 51.8 Å². The van der Waals surface area contributed by atoms with Gasteiger partial charge in [0, 0.05) is 18.1 Å². The molecule has 0 unspecified atom stereocenters. The molecule has 2 heterocycles. The molecule has 0 amide bonds. The molecule has 0 saturated heterocycles. The van der Waals surface area contributed by atoms with Crippen molar-refractivity contribution >= 4 is 54.5 Å². The van der Waals surface area contributed by atoms with Crippen LogP contribution in [0.2, 0.25) is 0 Å². The molecule has 0 aromatic carbocycles. The highest BCUT2D eigenvalue weighted by Gasteiger charge is 2.42. The van der Waals surface area contributed by atoms with Crippen LogP contribution >= 0.6 is 54.5 Å². The molecule has 1 aliphatic rings. The number of fused-ring (bicyclic) bond motifs is 3. The van der Waals surface area contributed by atoms with E-state index in [1.54, 1.807) is 29.8 Å². The first-order chi connectivity index (χ1) is 11.0. The van der Waals surface area contributed by atoms with Crippen LogP contribution in [0.4, 0.5) is 0 Å². The molecule has 3 rings (SSSR count). The Labute approximate surface area is 161 Å². The molecule has 0 aliphatic heterocycles. The minimum atomic E-state index is -0.0397. The van der Waals surface area contributed by atoms with Crippen molar-refractivity contribution in [2.24, 2.45) is 0 Å². The molecule has 0 radical (unpaired) electrons. The molecule has 0 atom stereocenters. The Morgan fingerprint density at radius 3 is 2.52 bits per heavy atom. The zero-order valence-electron chi connectivity index (χ0n) is 13.2. The zero-order valence-corrected chi connectivity index (χ0v) is 18.0. The van der Waals surface area contributed by atoms with E-state index in [1.165, 1.54) is 24.7 Å². The topological polar surface area (TPSA) is 27.7 Å². The van der Waals surface area contributed by atoms with Crippen LogP contribution in [-0.4, -0.2) is 33.5 Å². The monoisotopic (exact) mass is 480 g/mol. The molecular formula is C16H18Br2O3S2. The van der Waals surface area contributed by atoms with E-state index in [4.69, 9.17) is 14.2 Å². The predicted molar refractivity (Wildman–Crippen MR) is 103 cm³/mol. The highest BCUT2D eigenvalue weighted by atomic mass is 79.9. The summed E-state index contributed by atoms with van der Waals surface area (Å²) in [5.74, 6) is 0.963. The Bertz CT molecular complexity index is 706. The van der Waals surface area contributed by atoms with E-state index >= 15 is 0 Å². The van der Waals surface area contributed by atoms with Gasteiger partial charge in [0.05, 0.1) is 33.4 Å². The summed E-state index contributed by atoms with van der Waals surface area (Å²) >= 11 is 10.8. The maximum absolute atomic E-state index is 6.06. The van der Waals surface area contributed by atoms with Crippen LogP contribution in [-0.2, 0) is 14.9 Å². The van der Waals surface area contributed by atoms with Crippen LogP contribution in [0.15, 0.2) is 13.6 Å². The van der Waals surface area contributed by atoms with Gasteiger partial charge in [0.15, 0.2) is 0 Å². The predicted octanol–water partition coefficient (Wildman–Crippen LogP) is 5.68. The van der Waals surface area contributed by atoms with Gasteiger partial charge in [0.25, 0.3) is 0 Å². The number of halogens is 2. The first-order valence-electron chi connectivity index (χ1n) is 7.29. The lowest BCUT2D eigenvalue weighted by Crippen LogP contribution is -2.17. The van der Waals surface area contributed by atoms with Crippen LogP contribution < -0.4 is 4.74 Å². The van der Waals surface area contributed by atoms with Crippen LogP contribution in [0.25, 0.3) is 9.75 Å². The number of rotatable bonds is 7. The highest BCUT2D eigenvalue weighted by Crippen LogP contribution is 2.61. The van der Waals surface area contributed by atoms with E-state index in [-0.39, 0.29) is 5.41 Å². The lowest BCUT2D eigenvalue weighted by molar-refractivity contribution is 0.0541. The molecule has 0 bridgehead atoms. The summed E-state index contributed by atoms with van der Waals surface area (Å²) in [7, 11) is 1.67. The van der Waals surface area contributed by atoms with Crippen LogP contribution in [0, 0.1) is 0 Å². The normalized spacial score (nSPS) is 14.8. The largest absolute Gasteiger partial charge is 0.489 e. The molecule has 2 aromatic rings. The second kappa shape index (κ2) is 7.14. The second-order valence-corrected chi connectivity index (χ2v) is 10.6. The van der Waals surface area contributed by atoms with Crippen molar-refractivity contribution in [1.82, 2.24) is 0 Å². The molecule has 0 N–H and O–H groups in total. The van der Waals surface area contributed by atoms with Gasteiger partial charge in [-0.25, -0.2) is 0 Å². The maximum Gasteiger partial charge on any atom is 0.149 e. The summed E-state index contributed by atoms with van der Waals surface area (Å²) in [5, 5.41) is 0. The highest BCUT2D eigenvalue weighted by molar-refractivity contribution is 9.11. The van der Waals surface area contributed by atoms with E-state index in [9.17, 15) is 0 Å². The van der Waals surface area contributed by atoms with Gasteiger partial charge in [0.2, 0.25) is 0 Å². The van der Waals surface area contributed by atoms with Gasteiger partial charge in [-0.1, -0.05) is 13.8 Å². The standard InChI is InChI=1S/C16H18Br2O3S2/c1-16(2)9-8-10(17)22-13(9)14-11(16)12(15(18)23-14)21-7-6-20-5-4-19-3/h8H,4-7H2,1-3H3. The SMILES string of the molecule is COCCOCCOc1c(Br)sc2c1C(C)(C)c1cc(Br)sc1-2. The molecule has 1 aliphatic carbocycles. The van der Waals surface area contributed by atoms with Crippen molar-refractivity contribution in [3.8, 4) is 15.5 Å². The molecule has 2 aromatic heterocycles. The van der Waals surface area contributed by atoms with Gasteiger partial charge < -0.3 is 14.2 Å². The Kier molecular flexibility index (Phi) is 5.55. The molecule has 23 heavy (non-hydrogen) atoms. The summed E-state index contributed by atoms with van der Waals surface area (Å²) in [6.45, 7) is 6.84. The number of ether oxygens (including phenoxy) is 3. The molecule has 0 spiro atoms. The van der Waals surface area contributed by atoms with Gasteiger partial charge >= 0.3 is 0 Å². The Balaban J connectivity index is 1.78. The van der Waals surface area contributed by atoms with Crippen molar-refractivity contribution in [3.05, 3.63) is 24.8 Å². The summed E-state index contributed by atoms with van der Waals surface area (Å²) < 4.78 is 18.7. The average molecular weight is 482 g/mol. The van der Waals surface area contributed by atoms with Crippen LogP contribution in [0.5, 0.6) is 5.75 Å². The fourth-order valence-electron chi connectivity index (χ4n) is 2.82. The number of thiophene rings is 2. The van der Waals surface area contributed by atoms with Crippen molar-refractivity contribution < 1.29 is 14.2 Å². The van der Waals surface area contributed by atoms with Crippen molar-refractivity contribution in [2.75, 3.05) is 33.5 Å². The van der Waals surface area contributed by atoms with Gasteiger partial charge in [-0.15, -0.1) is 22.7 Å². The van der Waals surface area contributed by atoms with Gasteiger partial charge in [-0.3, -0.25) is 0 Å². The van der Waals surface area contributed by atoms with Gasteiger partial charge in [-0.05, 0) is 43.5 Å². The molecule has 3 nitrogen and oxygen atoms in total. The van der Waals surface area contributed by atoms with E-state index in [1.807, 2.05) is 0 Å². The van der Waals surface area contributed by atoms with Crippen LogP contribution in [0.3, 0.4) is 0 Å². The third kappa shape index (κ3) is 3.28. The van der Waals surface area contributed by atoms with Gasteiger partial charge in [-0.2, -0.15) is 0 Å². The minimum Gasteiger partial charge on any atom is -0.489 e. The lowest BCUT2D eigenvalue weighted by Gasteiger charge is -2.21. The zero-order chi connectivity index (χ0) is 16.6. The molecule has 0 fully saturated rings. The first kappa shape index (κ1) is 17.9. The molecule has 0 saturated carbocycles.